The fourth-order valence-electron chi connectivity index (χ4n) is 1.31. The van der Waals surface area contributed by atoms with E-state index in [2.05, 4.69) is 0 Å². The first-order valence-corrected chi connectivity index (χ1v) is 5.15. The van der Waals surface area contributed by atoms with E-state index >= 15 is 0 Å². The summed E-state index contributed by atoms with van der Waals surface area (Å²) in [5.41, 5.74) is 0.695. The van der Waals surface area contributed by atoms with E-state index in [0.717, 1.165) is 0 Å². The molecule has 1 aromatic rings. The van der Waals surface area contributed by atoms with Crippen molar-refractivity contribution in [2.45, 2.75) is 13.8 Å². The van der Waals surface area contributed by atoms with Gasteiger partial charge in [0.15, 0.2) is 0 Å². The molecule has 17 heavy (non-hydrogen) atoms. The van der Waals surface area contributed by atoms with Gasteiger partial charge in [-0.2, -0.15) is 0 Å². The summed E-state index contributed by atoms with van der Waals surface area (Å²) in [5, 5.41) is 10.8. The molecule has 0 heterocycles. The van der Waals surface area contributed by atoms with E-state index in [1.54, 1.807) is 32.0 Å². The Hall–Kier alpha value is -2.17. The summed E-state index contributed by atoms with van der Waals surface area (Å²) >= 11 is 0. The second-order valence-electron chi connectivity index (χ2n) is 3.36. The van der Waals surface area contributed by atoms with Crippen LogP contribution < -0.4 is 0 Å². The summed E-state index contributed by atoms with van der Waals surface area (Å²) in [6.45, 7) is 3.55. The number of carbonyl (C=O) groups is 1. The van der Waals surface area contributed by atoms with Crippen LogP contribution in [0.4, 0.5) is 5.69 Å². The van der Waals surface area contributed by atoms with Crippen LogP contribution in [0.15, 0.2) is 29.8 Å². The zero-order valence-electron chi connectivity index (χ0n) is 9.67. The lowest BCUT2D eigenvalue weighted by Crippen LogP contribution is -2.05. The monoisotopic (exact) mass is 235 g/mol. The third-order valence-corrected chi connectivity index (χ3v) is 2.10. The van der Waals surface area contributed by atoms with Gasteiger partial charge in [-0.1, -0.05) is 12.1 Å². The Labute approximate surface area is 98.9 Å². The maximum atomic E-state index is 11.4. The molecule has 0 N–H and O–H groups in total. The molecule has 0 aliphatic heterocycles. The summed E-state index contributed by atoms with van der Waals surface area (Å²) in [6.07, 6.45) is 1.45. The zero-order chi connectivity index (χ0) is 12.8. The fourth-order valence-corrected chi connectivity index (χ4v) is 1.31. The molecular formula is C12H13NO4. The molecule has 0 unspecified atom stereocenters. The van der Waals surface area contributed by atoms with Crippen molar-refractivity contribution >= 4 is 17.7 Å². The molecule has 90 valence electrons. The molecule has 0 aliphatic carbocycles. The Morgan fingerprint density at radius 2 is 2.12 bits per heavy atom. The number of nitro benzene ring substituents is 1. The molecule has 0 saturated carbocycles. The molecule has 5 nitrogen and oxygen atoms in total. The van der Waals surface area contributed by atoms with Crippen molar-refractivity contribution in [3.63, 3.8) is 0 Å². The number of ether oxygens (including phenoxy) is 1. The first-order valence-electron chi connectivity index (χ1n) is 5.15. The van der Waals surface area contributed by atoms with Crippen LogP contribution in [0.5, 0.6) is 0 Å². The number of nitro groups is 1. The van der Waals surface area contributed by atoms with Crippen molar-refractivity contribution in [2.24, 2.45) is 0 Å². The van der Waals surface area contributed by atoms with Gasteiger partial charge in [0.1, 0.15) is 0 Å². The molecule has 0 aromatic heterocycles. The first kappa shape index (κ1) is 12.9. The van der Waals surface area contributed by atoms with Crippen molar-refractivity contribution < 1.29 is 14.5 Å². The van der Waals surface area contributed by atoms with Crippen molar-refractivity contribution in [3.05, 3.63) is 45.5 Å². The fraction of sp³-hybridized carbons (Fsp3) is 0.250. The molecule has 0 spiro atoms. The second kappa shape index (κ2) is 5.79. The van der Waals surface area contributed by atoms with E-state index in [0.29, 0.717) is 11.1 Å². The van der Waals surface area contributed by atoms with Crippen LogP contribution in [0.3, 0.4) is 0 Å². The number of hydrogen-bond donors (Lipinski definition) is 0. The van der Waals surface area contributed by atoms with Gasteiger partial charge >= 0.3 is 5.97 Å². The van der Waals surface area contributed by atoms with Crippen LogP contribution in [0.1, 0.15) is 19.4 Å². The predicted octanol–water partition coefficient (Wildman–Crippen LogP) is 2.56. The van der Waals surface area contributed by atoms with Gasteiger partial charge in [-0.25, -0.2) is 4.79 Å². The lowest BCUT2D eigenvalue weighted by Gasteiger charge is -2.02. The zero-order valence-corrected chi connectivity index (χ0v) is 9.67. The van der Waals surface area contributed by atoms with Crippen LogP contribution in [0.2, 0.25) is 0 Å². The average molecular weight is 235 g/mol. The molecule has 0 saturated heterocycles. The number of hydrogen-bond acceptors (Lipinski definition) is 4. The average Bonchev–Trinajstić information content (AvgIpc) is 2.29. The smallest absolute Gasteiger partial charge is 0.333 e. The number of benzene rings is 1. The Morgan fingerprint density at radius 1 is 1.47 bits per heavy atom. The van der Waals surface area contributed by atoms with E-state index in [4.69, 9.17) is 4.74 Å². The van der Waals surface area contributed by atoms with Crippen LogP contribution in [-0.4, -0.2) is 17.5 Å². The van der Waals surface area contributed by atoms with E-state index in [1.165, 1.54) is 12.1 Å². The highest BCUT2D eigenvalue weighted by molar-refractivity contribution is 5.93. The third-order valence-electron chi connectivity index (χ3n) is 2.10. The van der Waals surface area contributed by atoms with Crippen molar-refractivity contribution in [2.75, 3.05) is 6.61 Å². The molecule has 0 bridgehead atoms. The molecule has 0 radical (unpaired) electrons. The van der Waals surface area contributed by atoms with Gasteiger partial charge in [-0.05, 0) is 26.0 Å². The lowest BCUT2D eigenvalue weighted by molar-refractivity contribution is -0.385. The molecule has 1 rings (SSSR count). The standard InChI is InChI=1S/C12H13NO4/c1-3-17-12(14)9(2)8-10-6-4-5-7-11(10)13(15)16/h4-8H,3H2,1-2H3. The van der Waals surface area contributed by atoms with Gasteiger partial charge in [0.25, 0.3) is 5.69 Å². The van der Waals surface area contributed by atoms with Gasteiger partial charge in [0, 0.05) is 11.6 Å². The maximum Gasteiger partial charge on any atom is 0.333 e. The summed E-state index contributed by atoms with van der Waals surface area (Å²) in [5.74, 6) is -0.467. The number of para-hydroxylation sites is 1. The quantitative estimate of drug-likeness (QED) is 0.348. The SMILES string of the molecule is CCOC(=O)C(C)=Cc1ccccc1[N+](=O)[O-]. The largest absolute Gasteiger partial charge is 0.463 e. The minimum Gasteiger partial charge on any atom is -0.463 e. The van der Waals surface area contributed by atoms with E-state index < -0.39 is 10.9 Å². The van der Waals surface area contributed by atoms with Gasteiger partial charge in [-0.3, -0.25) is 10.1 Å². The molecule has 0 atom stereocenters. The topological polar surface area (TPSA) is 69.4 Å². The number of esters is 1. The summed E-state index contributed by atoms with van der Waals surface area (Å²) < 4.78 is 4.80. The van der Waals surface area contributed by atoms with Crippen LogP contribution in [0, 0.1) is 10.1 Å². The minimum atomic E-state index is -0.482. The number of rotatable bonds is 4. The Morgan fingerprint density at radius 3 is 2.71 bits per heavy atom. The van der Waals surface area contributed by atoms with Gasteiger partial charge < -0.3 is 4.74 Å². The minimum absolute atomic E-state index is 0.0313. The lowest BCUT2D eigenvalue weighted by atomic mass is 10.1. The third kappa shape index (κ3) is 3.41. The van der Waals surface area contributed by atoms with Crippen molar-refractivity contribution in [3.8, 4) is 0 Å². The Kier molecular flexibility index (Phi) is 4.39. The molecular weight excluding hydrogens is 222 g/mol. The molecule has 0 amide bonds. The highest BCUT2D eigenvalue weighted by Gasteiger charge is 2.12. The number of carbonyl (C=O) groups excluding carboxylic acids is 1. The second-order valence-corrected chi connectivity index (χ2v) is 3.36. The highest BCUT2D eigenvalue weighted by Crippen LogP contribution is 2.20. The van der Waals surface area contributed by atoms with Crippen molar-refractivity contribution in [1.29, 1.82) is 0 Å². The molecule has 5 heteroatoms. The maximum absolute atomic E-state index is 11.4. The van der Waals surface area contributed by atoms with E-state index in [1.807, 2.05) is 0 Å². The Bertz CT molecular complexity index is 465. The summed E-state index contributed by atoms with van der Waals surface area (Å²) in [6, 6.07) is 6.23. The van der Waals surface area contributed by atoms with Gasteiger partial charge in [0.2, 0.25) is 0 Å². The van der Waals surface area contributed by atoms with Crippen LogP contribution in [-0.2, 0) is 9.53 Å². The van der Waals surface area contributed by atoms with E-state index in [9.17, 15) is 14.9 Å². The molecule has 0 aliphatic rings. The molecule has 1 aromatic carbocycles. The van der Waals surface area contributed by atoms with Gasteiger partial charge in [-0.15, -0.1) is 0 Å². The summed E-state index contributed by atoms with van der Waals surface area (Å²) in [4.78, 5) is 21.6. The predicted molar refractivity (Wildman–Crippen MR) is 63.4 cm³/mol. The Balaban J connectivity index is 3.05. The van der Waals surface area contributed by atoms with Crippen LogP contribution in [0.25, 0.3) is 6.08 Å². The van der Waals surface area contributed by atoms with E-state index in [-0.39, 0.29) is 12.3 Å². The normalized spacial score (nSPS) is 11.1. The van der Waals surface area contributed by atoms with Gasteiger partial charge in [0.05, 0.1) is 17.1 Å². The first-order chi connectivity index (χ1) is 8.06. The van der Waals surface area contributed by atoms with Crippen molar-refractivity contribution in [1.82, 2.24) is 0 Å². The van der Waals surface area contributed by atoms with Crippen LogP contribution >= 0.6 is 0 Å². The summed E-state index contributed by atoms with van der Waals surface area (Å²) in [7, 11) is 0. The highest BCUT2D eigenvalue weighted by atomic mass is 16.6. The number of nitrogens with zero attached hydrogens (tertiary/aromatic N) is 1. The molecule has 0 fully saturated rings.